The van der Waals surface area contributed by atoms with Gasteiger partial charge < -0.3 is 10.6 Å². The van der Waals surface area contributed by atoms with Gasteiger partial charge in [-0.3, -0.25) is 0 Å². The Bertz CT molecular complexity index is 535. The summed E-state index contributed by atoms with van der Waals surface area (Å²) in [5.74, 6) is -0.208. The van der Waals surface area contributed by atoms with Gasteiger partial charge in [-0.2, -0.15) is 0 Å². The van der Waals surface area contributed by atoms with E-state index in [-0.39, 0.29) is 11.9 Å². The lowest BCUT2D eigenvalue weighted by molar-refractivity contribution is 0.625. The lowest BCUT2D eigenvalue weighted by atomic mass is 10.1. The third kappa shape index (κ3) is 2.93. The quantitative estimate of drug-likeness (QED) is 0.898. The fourth-order valence-electron chi connectivity index (χ4n) is 2.12. The molecular formula is C16H19FN2. The molecule has 0 saturated carbocycles. The van der Waals surface area contributed by atoms with Crippen molar-refractivity contribution in [1.29, 1.82) is 0 Å². The van der Waals surface area contributed by atoms with E-state index < -0.39 is 0 Å². The van der Waals surface area contributed by atoms with Gasteiger partial charge in [0.1, 0.15) is 5.82 Å². The average molecular weight is 258 g/mol. The number of rotatable bonds is 4. The summed E-state index contributed by atoms with van der Waals surface area (Å²) in [5.41, 5.74) is 8.48. The highest BCUT2D eigenvalue weighted by molar-refractivity contribution is 5.63. The Labute approximate surface area is 113 Å². The Hall–Kier alpha value is -1.87. The summed E-state index contributed by atoms with van der Waals surface area (Å²) in [6, 6.07) is 14.8. The molecule has 0 aliphatic rings. The lowest BCUT2D eigenvalue weighted by Gasteiger charge is -2.24. The van der Waals surface area contributed by atoms with Gasteiger partial charge in [-0.15, -0.1) is 0 Å². The van der Waals surface area contributed by atoms with Gasteiger partial charge in [0.25, 0.3) is 0 Å². The molecule has 2 N–H and O–H groups in total. The molecule has 0 saturated heterocycles. The number of halogens is 1. The molecule has 0 aliphatic carbocycles. The number of nitrogens with two attached hydrogens (primary N) is 1. The van der Waals surface area contributed by atoms with Crippen LogP contribution in [0.4, 0.5) is 15.8 Å². The molecular weight excluding hydrogens is 239 g/mol. The van der Waals surface area contributed by atoms with Crippen molar-refractivity contribution in [3.8, 4) is 0 Å². The Morgan fingerprint density at radius 2 is 1.74 bits per heavy atom. The number of hydrogen-bond donors (Lipinski definition) is 1. The highest BCUT2D eigenvalue weighted by Crippen LogP contribution is 2.28. The molecule has 0 heterocycles. The maximum Gasteiger partial charge on any atom is 0.146 e. The zero-order valence-corrected chi connectivity index (χ0v) is 11.3. The van der Waals surface area contributed by atoms with Crippen LogP contribution < -0.4 is 10.6 Å². The van der Waals surface area contributed by atoms with Crippen LogP contribution in [-0.4, -0.2) is 6.54 Å². The summed E-state index contributed by atoms with van der Waals surface area (Å²) in [4.78, 5) is 1.94. The van der Waals surface area contributed by atoms with Gasteiger partial charge in [-0.1, -0.05) is 24.3 Å². The number of benzene rings is 2. The maximum absolute atomic E-state index is 13.9. The van der Waals surface area contributed by atoms with E-state index in [0.29, 0.717) is 12.2 Å². The predicted octanol–water partition coefficient (Wildman–Crippen LogP) is 4.00. The highest BCUT2D eigenvalue weighted by Gasteiger charge is 2.11. The van der Waals surface area contributed by atoms with E-state index in [4.69, 9.17) is 5.73 Å². The monoisotopic (exact) mass is 258 g/mol. The predicted molar refractivity (Wildman–Crippen MR) is 78.1 cm³/mol. The van der Waals surface area contributed by atoms with E-state index in [1.54, 1.807) is 12.1 Å². The van der Waals surface area contributed by atoms with Gasteiger partial charge in [0, 0.05) is 18.3 Å². The second-order valence-corrected chi connectivity index (χ2v) is 4.58. The van der Waals surface area contributed by atoms with Crippen LogP contribution in [0.25, 0.3) is 0 Å². The molecule has 0 spiro atoms. The van der Waals surface area contributed by atoms with Gasteiger partial charge in [0.15, 0.2) is 0 Å². The Morgan fingerprint density at radius 1 is 1.11 bits per heavy atom. The van der Waals surface area contributed by atoms with Crippen molar-refractivity contribution in [3.05, 3.63) is 59.9 Å². The van der Waals surface area contributed by atoms with Crippen LogP contribution in [0.5, 0.6) is 0 Å². The molecule has 0 fully saturated rings. The molecule has 0 amide bonds. The molecule has 19 heavy (non-hydrogen) atoms. The molecule has 1 unspecified atom stereocenters. The van der Waals surface area contributed by atoms with Crippen LogP contribution in [0.1, 0.15) is 25.5 Å². The van der Waals surface area contributed by atoms with Crippen molar-refractivity contribution in [2.45, 2.75) is 19.9 Å². The number of nitrogens with zero attached hydrogens (tertiary/aromatic N) is 1. The van der Waals surface area contributed by atoms with Gasteiger partial charge in [0.2, 0.25) is 0 Å². The van der Waals surface area contributed by atoms with Crippen LogP contribution in [0.3, 0.4) is 0 Å². The second-order valence-electron chi connectivity index (χ2n) is 4.58. The molecule has 100 valence electrons. The van der Waals surface area contributed by atoms with Crippen molar-refractivity contribution in [1.82, 2.24) is 0 Å². The first-order valence-corrected chi connectivity index (χ1v) is 6.51. The summed E-state index contributed by atoms with van der Waals surface area (Å²) in [6.07, 6.45) is 0. The summed E-state index contributed by atoms with van der Waals surface area (Å²) < 4.78 is 13.9. The van der Waals surface area contributed by atoms with Gasteiger partial charge in [-0.25, -0.2) is 4.39 Å². The van der Waals surface area contributed by atoms with Crippen LogP contribution >= 0.6 is 0 Å². The SMILES string of the molecule is CCN(c1ccc(C(C)N)cc1)c1ccccc1F. The average Bonchev–Trinajstić information content (AvgIpc) is 2.42. The summed E-state index contributed by atoms with van der Waals surface area (Å²) in [6.45, 7) is 4.66. The van der Waals surface area contributed by atoms with Crippen molar-refractivity contribution in [2.75, 3.05) is 11.4 Å². The third-order valence-corrected chi connectivity index (χ3v) is 3.19. The molecule has 0 aliphatic heterocycles. The first-order chi connectivity index (χ1) is 9.13. The fourth-order valence-corrected chi connectivity index (χ4v) is 2.12. The Kier molecular flexibility index (Phi) is 4.17. The molecule has 0 bridgehead atoms. The van der Waals surface area contributed by atoms with Gasteiger partial charge in [0.05, 0.1) is 5.69 Å². The first-order valence-electron chi connectivity index (χ1n) is 6.51. The number of anilines is 2. The lowest BCUT2D eigenvalue weighted by Crippen LogP contribution is -2.17. The van der Waals surface area contributed by atoms with Crippen LogP contribution in [-0.2, 0) is 0 Å². The molecule has 0 aromatic heterocycles. The molecule has 0 radical (unpaired) electrons. The zero-order valence-electron chi connectivity index (χ0n) is 11.3. The smallest absolute Gasteiger partial charge is 0.146 e. The summed E-state index contributed by atoms with van der Waals surface area (Å²) in [7, 11) is 0. The van der Waals surface area contributed by atoms with E-state index in [1.165, 1.54) is 6.07 Å². The van der Waals surface area contributed by atoms with E-state index in [1.807, 2.05) is 49.1 Å². The van der Waals surface area contributed by atoms with Crippen molar-refractivity contribution in [3.63, 3.8) is 0 Å². The van der Waals surface area contributed by atoms with Crippen LogP contribution in [0.2, 0.25) is 0 Å². The molecule has 2 nitrogen and oxygen atoms in total. The molecule has 2 aromatic carbocycles. The van der Waals surface area contributed by atoms with Crippen molar-refractivity contribution >= 4 is 11.4 Å². The minimum absolute atomic E-state index is 0.0117. The van der Waals surface area contributed by atoms with Crippen molar-refractivity contribution in [2.24, 2.45) is 5.73 Å². The summed E-state index contributed by atoms with van der Waals surface area (Å²) in [5, 5.41) is 0. The summed E-state index contributed by atoms with van der Waals surface area (Å²) >= 11 is 0. The minimum atomic E-state index is -0.208. The van der Waals surface area contributed by atoms with Crippen molar-refractivity contribution < 1.29 is 4.39 Å². The van der Waals surface area contributed by atoms with E-state index in [9.17, 15) is 4.39 Å². The second kappa shape index (κ2) is 5.85. The van der Waals surface area contributed by atoms with Gasteiger partial charge >= 0.3 is 0 Å². The Balaban J connectivity index is 2.35. The molecule has 3 heteroatoms. The number of para-hydroxylation sites is 1. The molecule has 2 aromatic rings. The van der Waals surface area contributed by atoms with E-state index in [2.05, 4.69) is 0 Å². The van der Waals surface area contributed by atoms with E-state index >= 15 is 0 Å². The molecule has 1 atom stereocenters. The largest absolute Gasteiger partial charge is 0.339 e. The fraction of sp³-hybridized carbons (Fsp3) is 0.250. The normalized spacial score (nSPS) is 12.2. The number of hydrogen-bond acceptors (Lipinski definition) is 2. The Morgan fingerprint density at radius 3 is 2.26 bits per heavy atom. The van der Waals surface area contributed by atoms with E-state index in [0.717, 1.165) is 11.3 Å². The third-order valence-electron chi connectivity index (χ3n) is 3.19. The highest BCUT2D eigenvalue weighted by atomic mass is 19.1. The first kappa shape index (κ1) is 13.6. The minimum Gasteiger partial charge on any atom is -0.339 e. The standard InChI is InChI=1S/C16H19FN2/c1-3-19(16-7-5-4-6-15(16)17)14-10-8-13(9-11-14)12(2)18/h4-12H,3,18H2,1-2H3. The maximum atomic E-state index is 13.9. The molecule has 2 rings (SSSR count). The van der Waals surface area contributed by atoms with Gasteiger partial charge in [-0.05, 0) is 43.7 Å². The van der Waals surface area contributed by atoms with Crippen LogP contribution in [0.15, 0.2) is 48.5 Å². The zero-order chi connectivity index (χ0) is 13.8. The van der Waals surface area contributed by atoms with Crippen LogP contribution in [0, 0.1) is 5.82 Å². The topological polar surface area (TPSA) is 29.3 Å².